The van der Waals surface area contributed by atoms with Crippen LogP contribution in [0.3, 0.4) is 0 Å². The van der Waals surface area contributed by atoms with Gasteiger partial charge in [0.05, 0.1) is 0 Å². The van der Waals surface area contributed by atoms with Crippen molar-refractivity contribution in [3.63, 3.8) is 0 Å². The number of carboxylic acid groups (broad SMARTS) is 1. The first-order valence-corrected chi connectivity index (χ1v) is 6.51. The summed E-state index contributed by atoms with van der Waals surface area (Å²) in [6.45, 7) is 2.12. The number of aliphatic carboxylic acids is 1. The molecule has 0 radical (unpaired) electrons. The van der Waals surface area contributed by atoms with Gasteiger partial charge in [0.2, 0.25) is 0 Å². The number of para-hydroxylation sites is 1. The number of carbonyl (C=O) groups is 1. The summed E-state index contributed by atoms with van der Waals surface area (Å²) in [4.78, 5) is 11.8. The Balaban J connectivity index is 2.61. The normalized spacial score (nSPS) is 12.1. The molecule has 0 saturated heterocycles. The highest BCUT2D eigenvalue weighted by Gasteiger charge is 2.18. The molecular weight excluding hydrogens is 240 g/mol. The third-order valence-corrected chi connectivity index (χ3v) is 2.88. The Hall–Kier alpha value is -1.20. The Bertz CT molecular complexity index is 367. The van der Waals surface area contributed by atoms with Crippen molar-refractivity contribution < 1.29 is 19.4 Å². The topological polar surface area (TPSA) is 55.8 Å². The first-order chi connectivity index (χ1) is 8.19. The highest BCUT2D eigenvalue weighted by molar-refractivity contribution is 7.98. The van der Waals surface area contributed by atoms with Crippen molar-refractivity contribution in [2.24, 2.45) is 0 Å². The van der Waals surface area contributed by atoms with Crippen LogP contribution in [0.5, 0.6) is 5.75 Å². The highest BCUT2D eigenvalue weighted by atomic mass is 32.2. The van der Waals surface area contributed by atoms with Crippen LogP contribution in [0.4, 0.5) is 0 Å². The average Bonchev–Trinajstić information content (AvgIpc) is 2.34. The Labute approximate surface area is 105 Å². The fraction of sp³-hybridized carbons (Fsp3) is 0.417. The van der Waals surface area contributed by atoms with Crippen LogP contribution in [0.15, 0.2) is 29.2 Å². The molecule has 17 heavy (non-hydrogen) atoms. The predicted molar refractivity (Wildman–Crippen MR) is 66.8 cm³/mol. The fourth-order valence-corrected chi connectivity index (χ4v) is 1.84. The van der Waals surface area contributed by atoms with Crippen molar-refractivity contribution >= 4 is 17.7 Å². The van der Waals surface area contributed by atoms with Gasteiger partial charge in [-0.05, 0) is 25.3 Å². The van der Waals surface area contributed by atoms with Gasteiger partial charge in [0, 0.05) is 11.5 Å². The van der Waals surface area contributed by atoms with Crippen molar-refractivity contribution in [3.8, 4) is 5.75 Å². The molecule has 1 unspecified atom stereocenters. The van der Waals surface area contributed by atoms with Gasteiger partial charge in [-0.25, -0.2) is 4.79 Å². The molecule has 4 nitrogen and oxygen atoms in total. The van der Waals surface area contributed by atoms with Gasteiger partial charge in [-0.2, -0.15) is 0 Å². The minimum Gasteiger partial charge on any atom is -0.489 e. The van der Waals surface area contributed by atoms with E-state index < -0.39 is 12.1 Å². The van der Waals surface area contributed by atoms with Crippen LogP contribution >= 0.6 is 11.8 Å². The Morgan fingerprint density at radius 1 is 1.47 bits per heavy atom. The van der Waals surface area contributed by atoms with Crippen molar-refractivity contribution in [1.29, 1.82) is 0 Å². The van der Waals surface area contributed by atoms with E-state index >= 15 is 0 Å². The van der Waals surface area contributed by atoms with E-state index in [0.29, 0.717) is 12.4 Å². The molecule has 0 aromatic heterocycles. The standard InChI is InChI=1S/C12H16O4S/c1-3-15-10(12(13)14)8-16-9-6-4-5-7-11(9)17-2/h4-7,10H,3,8H2,1-2H3,(H,13,14). The van der Waals surface area contributed by atoms with Gasteiger partial charge in [-0.15, -0.1) is 11.8 Å². The second-order valence-electron chi connectivity index (χ2n) is 3.24. The van der Waals surface area contributed by atoms with Gasteiger partial charge < -0.3 is 14.6 Å². The Morgan fingerprint density at radius 2 is 2.18 bits per heavy atom. The van der Waals surface area contributed by atoms with Gasteiger partial charge >= 0.3 is 5.97 Å². The molecule has 0 aliphatic heterocycles. The third kappa shape index (κ3) is 4.28. The van der Waals surface area contributed by atoms with E-state index in [2.05, 4.69) is 0 Å². The van der Waals surface area contributed by atoms with Crippen molar-refractivity contribution in [3.05, 3.63) is 24.3 Å². The molecule has 94 valence electrons. The van der Waals surface area contributed by atoms with Crippen molar-refractivity contribution in [2.75, 3.05) is 19.5 Å². The predicted octanol–water partition coefficient (Wildman–Crippen LogP) is 2.28. The molecule has 0 heterocycles. The zero-order valence-corrected chi connectivity index (χ0v) is 10.7. The zero-order valence-electron chi connectivity index (χ0n) is 9.88. The van der Waals surface area contributed by atoms with Crippen LogP contribution in [0, 0.1) is 0 Å². The smallest absolute Gasteiger partial charge is 0.336 e. The van der Waals surface area contributed by atoms with Gasteiger partial charge in [0.15, 0.2) is 6.10 Å². The number of benzene rings is 1. The third-order valence-electron chi connectivity index (χ3n) is 2.10. The number of hydrogen-bond donors (Lipinski definition) is 1. The average molecular weight is 256 g/mol. The summed E-state index contributed by atoms with van der Waals surface area (Å²) < 4.78 is 10.5. The number of ether oxygens (including phenoxy) is 2. The minimum atomic E-state index is -1.01. The van der Waals surface area contributed by atoms with Crippen LogP contribution in [-0.2, 0) is 9.53 Å². The molecule has 1 N–H and O–H groups in total. The Morgan fingerprint density at radius 3 is 2.76 bits per heavy atom. The largest absolute Gasteiger partial charge is 0.489 e. The molecule has 1 rings (SSSR count). The number of rotatable bonds is 7. The number of carboxylic acids is 1. The number of thioether (sulfide) groups is 1. The van der Waals surface area contributed by atoms with Crippen molar-refractivity contribution in [1.82, 2.24) is 0 Å². The lowest BCUT2D eigenvalue weighted by molar-refractivity contribution is -0.152. The summed E-state index contributed by atoms with van der Waals surface area (Å²) in [6, 6.07) is 7.51. The van der Waals surface area contributed by atoms with Crippen LogP contribution in [0.1, 0.15) is 6.92 Å². The van der Waals surface area contributed by atoms with Crippen LogP contribution in [0.25, 0.3) is 0 Å². The second kappa shape index (κ2) is 7.19. The first-order valence-electron chi connectivity index (χ1n) is 5.29. The molecule has 0 aliphatic rings. The summed E-state index contributed by atoms with van der Waals surface area (Å²) in [7, 11) is 0. The molecule has 1 aromatic carbocycles. The summed E-state index contributed by atoms with van der Waals surface area (Å²) >= 11 is 1.56. The van der Waals surface area contributed by atoms with E-state index in [4.69, 9.17) is 14.6 Å². The maximum atomic E-state index is 10.9. The molecule has 0 bridgehead atoms. The maximum absolute atomic E-state index is 10.9. The van der Waals surface area contributed by atoms with E-state index in [-0.39, 0.29) is 6.61 Å². The van der Waals surface area contributed by atoms with Crippen molar-refractivity contribution in [2.45, 2.75) is 17.9 Å². The first kappa shape index (κ1) is 13.9. The minimum absolute atomic E-state index is 0.0146. The monoisotopic (exact) mass is 256 g/mol. The van der Waals surface area contributed by atoms with E-state index in [0.717, 1.165) is 4.90 Å². The van der Waals surface area contributed by atoms with E-state index in [1.54, 1.807) is 18.7 Å². The maximum Gasteiger partial charge on any atom is 0.336 e. The van der Waals surface area contributed by atoms with E-state index in [1.165, 1.54) is 0 Å². The summed E-state index contributed by atoms with van der Waals surface area (Å²) in [5.41, 5.74) is 0. The molecular formula is C12H16O4S. The van der Waals surface area contributed by atoms with Crippen LogP contribution < -0.4 is 4.74 Å². The molecule has 0 saturated carbocycles. The van der Waals surface area contributed by atoms with Gasteiger partial charge in [-0.1, -0.05) is 12.1 Å². The molecule has 0 fully saturated rings. The molecule has 1 aromatic rings. The van der Waals surface area contributed by atoms with Gasteiger partial charge in [-0.3, -0.25) is 0 Å². The SMILES string of the molecule is CCOC(COc1ccccc1SC)C(=O)O. The lowest BCUT2D eigenvalue weighted by atomic mass is 10.3. The second-order valence-corrected chi connectivity index (χ2v) is 4.09. The number of hydrogen-bond acceptors (Lipinski definition) is 4. The van der Waals surface area contributed by atoms with Gasteiger partial charge in [0.1, 0.15) is 12.4 Å². The summed E-state index contributed by atoms with van der Waals surface area (Å²) in [5, 5.41) is 8.90. The zero-order chi connectivity index (χ0) is 12.7. The van der Waals surface area contributed by atoms with E-state index in [9.17, 15) is 4.79 Å². The van der Waals surface area contributed by atoms with Crippen LogP contribution in [0.2, 0.25) is 0 Å². The summed E-state index contributed by atoms with van der Waals surface area (Å²) in [6.07, 6.45) is 1.02. The molecule has 0 spiro atoms. The fourth-order valence-electron chi connectivity index (χ4n) is 1.30. The molecule has 0 amide bonds. The quantitative estimate of drug-likeness (QED) is 0.758. The summed E-state index contributed by atoms with van der Waals surface area (Å²) in [5.74, 6) is -0.320. The lowest BCUT2D eigenvalue weighted by Gasteiger charge is -2.15. The van der Waals surface area contributed by atoms with Crippen LogP contribution in [-0.4, -0.2) is 36.6 Å². The molecule has 1 atom stereocenters. The highest BCUT2D eigenvalue weighted by Crippen LogP contribution is 2.26. The molecule has 0 aliphatic carbocycles. The Kier molecular flexibility index (Phi) is 5.86. The molecule has 5 heteroatoms. The lowest BCUT2D eigenvalue weighted by Crippen LogP contribution is -2.30. The van der Waals surface area contributed by atoms with Gasteiger partial charge in [0.25, 0.3) is 0 Å². The van der Waals surface area contributed by atoms with E-state index in [1.807, 2.05) is 30.5 Å².